The molecule has 0 aliphatic carbocycles. The summed E-state index contributed by atoms with van der Waals surface area (Å²) >= 11 is 0. The highest BCUT2D eigenvalue weighted by Gasteiger charge is 2.43. The van der Waals surface area contributed by atoms with Gasteiger partial charge >= 0.3 is 8.80 Å². The zero-order valence-corrected chi connectivity index (χ0v) is 13.5. The fraction of sp³-hybridized carbons (Fsp3) is 0.923. The SMILES string of the molecule is CC(C)O[Si](CCCC#N)(OC(C)C)OC(C)C. The van der Waals surface area contributed by atoms with Gasteiger partial charge in [0.15, 0.2) is 0 Å². The van der Waals surface area contributed by atoms with Crippen LogP contribution < -0.4 is 0 Å². The van der Waals surface area contributed by atoms with Crippen LogP contribution in [0.25, 0.3) is 0 Å². The fourth-order valence-electron chi connectivity index (χ4n) is 1.72. The first kappa shape index (κ1) is 17.6. The van der Waals surface area contributed by atoms with Crippen LogP contribution in [-0.2, 0) is 13.3 Å². The summed E-state index contributed by atoms with van der Waals surface area (Å²) in [5.74, 6) is 0. The predicted octanol–water partition coefficient (Wildman–Crippen LogP) is 3.50. The van der Waals surface area contributed by atoms with Gasteiger partial charge in [-0.3, -0.25) is 0 Å². The highest BCUT2D eigenvalue weighted by atomic mass is 28.4. The number of nitrogens with zero attached hydrogens (tertiary/aromatic N) is 1. The Labute approximate surface area is 113 Å². The van der Waals surface area contributed by atoms with Crippen LogP contribution in [0.1, 0.15) is 54.4 Å². The zero-order valence-electron chi connectivity index (χ0n) is 12.5. The van der Waals surface area contributed by atoms with Crippen LogP contribution >= 0.6 is 0 Å². The first-order valence-electron chi connectivity index (χ1n) is 6.71. The summed E-state index contributed by atoms with van der Waals surface area (Å²) in [6.07, 6.45) is 1.47. The Morgan fingerprint density at radius 1 is 0.889 bits per heavy atom. The third-order valence-corrected chi connectivity index (χ3v) is 5.47. The van der Waals surface area contributed by atoms with Crippen LogP contribution in [0, 0.1) is 11.3 Å². The first-order valence-corrected chi connectivity index (χ1v) is 8.65. The maximum absolute atomic E-state index is 8.65. The Hall–Kier alpha value is -0.413. The lowest BCUT2D eigenvalue weighted by molar-refractivity contribution is 0.00297. The number of hydrogen-bond donors (Lipinski definition) is 0. The molecule has 106 valence electrons. The second kappa shape index (κ2) is 8.65. The Bertz CT molecular complexity index is 235. The van der Waals surface area contributed by atoms with Crippen molar-refractivity contribution in [2.75, 3.05) is 0 Å². The Morgan fingerprint density at radius 2 is 1.28 bits per heavy atom. The van der Waals surface area contributed by atoms with Gasteiger partial charge in [-0.1, -0.05) is 0 Å². The lowest BCUT2D eigenvalue weighted by Crippen LogP contribution is -2.50. The molecule has 4 nitrogen and oxygen atoms in total. The summed E-state index contributed by atoms with van der Waals surface area (Å²) in [6.45, 7) is 11.9. The minimum Gasteiger partial charge on any atom is -0.371 e. The molecule has 0 aromatic carbocycles. The van der Waals surface area contributed by atoms with Crippen molar-refractivity contribution in [3.8, 4) is 6.07 Å². The molecule has 18 heavy (non-hydrogen) atoms. The van der Waals surface area contributed by atoms with Crippen LogP contribution in [0.4, 0.5) is 0 Å². The molecule has 0 heterocycles. The molecule has 0 amide bonds. The average molecular weight is 273 g/mol. The molecule has 5 heteroatoms. The van der Waals surface area contributed by atoms with E-state index in [-0.39, 0.29) is 18.3 Å². The molecule has 0 radical (unpaired) electrons. The van der Waals surface area contributed by atoms with Gasteiger partial charge in [0.25, 0.3) is 0 Å². The van der Waals surface area contributed by atoms with Crippen molar-refractivity contribution in [1.82, 2.24) is 0 Å². The number of rotatable bonds is 9. The quantitative estimate of drug-likeness (QED) is 0.476. The van der Waals surface area contributed by atoms with E-state index in [2.05, 4.69) is 6.07 Å². The van der Waals surface area contributed by atoms with Crippen molar-refractivity contribution < 1.29 is 13.3 Å². The fourth-order valence-corrected chi connectivity index (χ4v) is 5.01. The van der Waals surface area contributed by atoms with Gasteiger partial charge in [-0.05, 0) is 48.0 Å². The number of nitriles is 1. The van der Waals surface area contributed by atoms with Gasteiger partial charge < -0.3 is 13.3 Å². The summed E-state index contributed by atoms with van der Waals surface area (Å²) in [5.41, 5.74) is 0. The molecule has 0 fully saturated rings. The highest BCUT2D eigenvalue weighted by Crippen LogP contribution is 2.24. The summed E-state index contributed by atoms with van der Waals surface area (Å²) in [6, 6.07) is 2.86. The van der Waals surface area contributed by atoms with Crippen molar-refractivity contribution in [3.63, 3.8) is 0 Å². The van der Waals surface area contributed by atoms with Crippen LogP contribution in [0.5, 0.6) is 0 Å². The van der Waals surface area contributed by atoms with Crippen molar-refractivity contribution >= 4 is 8.80 Å². The number of hydrogen-bond acceptors (Lipinski definition) is 4. The molecular formula is C13H27NO3Si. The second-order valence-corrected chi connectivity index (χ2v) is 7.77. The van der Waals surface area contributed by atoms with E-state index < -0.39 is 8.80 Å². The summed E-state index contributed by atoms with van der Waals surface area (Å²) in [5, 5.41) is 8.65. The average Bonchev–Trinajstić information content (AvgIpc) is 2.13. The molecule has 0 rings (SSSR count). The Morgan fingerprint density at radius 3 is 1.56 bits per heavy atom. The lowest BCUT2D eigenvalue weighted by Gasteiger charge is -2.34. The molecule has 0 bridgehead atoms. The van der Waals surface area contributed by atoms with Crippen LogP contribution in [0.15, 0.2) is 0 Å². The summed E-state index contributed by atoms with van der Waals surface area (Å²) < 4.78 is 18.0. The van der Waals surface area contributed by atoms with Crippen molar-refractivity contribution in [2.45, 2.75) is 78.7 Å². The normalized spacial score (nSPS) is 12.4. The van der Waals surface area contributed by atoms with Crippen molar-refractivity contribution in [3.05, 3.63) is 0 Å². The highest BCUT2D eigenvalue weighted by molar-refractivity contribution is 6.60. The van der Waals surface area contributed by atoms with Gasteiger partial charge in [0.05, 0.1) is 6.07 Å². The van der Waals surface area contributed by atoms with Crippen molar-refractivity contribution in [1.29, 1.82) is 5.26 Å². The Balaban J connectivity index is 4.80. The van der Waals surface area contributed by atoms with Gasteiger partial charge in [0.1, 0.15) is 0 Å². The van der Waals surface area contributed by atoms with E-state index in [1.165, 1.54) is 0 Å². The molecule has 0 aromatic rings. The third-order valence-electron chi connectivity index (χ3n) is 2.02. The largest absolute Gasteiger partial charge is 0.501 e. The van der Waals surface area contributed by atoms with Gasteiger partial charge in [-0.15, -0.1) is 0 Å². The first-order chi connectivity index (χ1) is 8.31. The molecule has 0 saturated carbocycles. The van der Waals surface area contributed by atoms with Gasteiger partial charge in [0, 0.05) is 30.8 Å². The molecule has 0 unspecified atom stereocenters. The second-order valence-electron chi connectivity index (χ2n) is 5.19. The Kier molecular flexibility index (Phi) is 8.45. The summed E-state index contributed by atoms with van der Waals surface area (Å²) in [4.78, 5) is 0. The molecule has 0 atom stereocenters. The molecule has 0 N–H and O–H groups in total. The minimum absolute atomic E-state index is 0.0660. The van der Waals surface area contributed by atoms with Crippen molar-refractivity contribution in [2.24, 2.45) is 0 Å². The minimum atomic E-state index is -2.67. The monoisotopic (exact) mass is 273 g/mol. The van der Waals surface area contributed by atoms with Crippen LogP contribution in [-0.4, -0.2) is 27.1 Å². The van der Waals surface area contributed by atoms with Crippen LogP contribution in [0.2, 0.25) is 6.04 Å². The standard InChI is InChI=1S/C13H27NO3Si/c1-11(2)15-18(16-12(3)4,17-13(5)6)10-8-7-9-14/h11-13H,7-8,10H2,1-6H3. The zero-order chi connectivity index (χ0) is 14.2. The van der Waals surface area contributed by atoms with E-state index >= 15 is 0 Å². The predicted molar refractivity (Wildman–Crippen MR) is 74.1 cm³/mol. The maximum atomic E-state index is 8.65. The van der Waals surface area contributed by atoms with Gasteiger partial charge in [0.2, 0.25) is 0 Å². The topological polar surface area (TPSA) is 51.5 Å². The van der Waals surface area contributed by atoms with E-state index in [4.69, 9.17) is 18.5 Å². The maximum Gasteiger partial charge on any atom is 0.501 e. The van der Waals surface area contributed by atoms with E-state index in [1.54, 1.807) is 0 Å². The summed E-state index contributed by atoms with van der Waals surface area (Å²) in [7, 11) is -2.67. The molecule has 0 saturated heterocycles. The molecule has 0 spiro atoms. The third kappa shape index (κ3) is 7.83. The number of unbranched alkanes of at least 4 members (excludes halogenated alkanes) is 1. The van der Waals surface area contributed by atoms with Gasteiger partial charge in [-0.2, -0.15) is 5.26 Å². The van der Waals surface area contributed by atoms with E-state index in [9.17, 15) is 0 Å². The van der Waals surface area contributed by atoms with E-state index in [0.29, 0.717) is 12.5 Å². The molecule has 0 aromatic heterocycles. The molecule has 0 aliphatic rings. The lowest BCUT2D eigenvalue weighted by atomic mass is 10.4. The smallest absolute Gasteiger partial charge is 0.371 e. The van der Waals surface area contributed by atoms with Gasteiger partial charge in [-0.25, -0.2) is 0 Å². The van der Waals surface area contributed by atoms with E-state index in [0.717, 1.165) is 6.42 Å². The van der Waals surface area contributed by atoms with Crippen LogP contribution in [0.3, 0.4) is 0 Å². The van der Waals surface area contributed by atoms with E-state index in [1.807, 2.05) is 41.5 Å². The molecule has 0 aliphatic heterocycles. The molecular weight excluding hydrogens is 246 g/mol.